The van der Waals surface area contributed by atoms with Gasteiger partial charge in [-0.3, -0.25) is 13.8 Å². The molecule has 9 nitrogen and oxygen atoms in total. The minimum Gasteiger partial charge on any atom is -0.494 e. The first kappa shape index (κ1) is 28.8. The van der Waals surface area contributed by atoms with Crippen molar-refractivity contribution in [3.8, 4) is 5.75 Å². The predicted molar refractivity (Wildman–Crippen MR) is 122 cm³/mol. The minimum atomic E-state index is -4.49. The van der Waals surface area contributed by atoms with E-state index >= 15 is 0 Å². The molecule has 1 rings (SSSR count). The summed E-state index contributed by atoms with van der Waals surface area (Å²) in [5.41, 5.74) is 0. The van der Waals surface area contributed by atoms with Crippen LogP contribution in [0.5, 0.6) is 5.75 Å². The average Bonchev–Trinajstić information content (AvgIpc) is 2.67. The van der Waals surface area contributed by atoms with Gasteiger partial charge in [0.05, 0.1) is 40.8 Å². The van der Waals surface area contributed by atoms with E-state index in [1.54, 1.807) is 33.3 Å². The van der Waals surface area contributed by atoms with Crippen LogP contribution in [-0.4, -0.2) is 72.2 Å². The first-order chi connectivity index (χ1) is 14.9. The number of carboxylic acids is 1. The molecule has 0 radical (unpaired) electrons. The van der Waals surface area contributed by atoms with Gasteiger partial charge < -0.3 is 24.3 Å². The summed E-state index contributed by atoms with van der Waals surface area (Å²) in [5, 5.41) is 19.9. The van der Waals surface area contributed by atoms with Gasteiger partial charge in [0.25, 0.3) is 0 Å². The van der Waals surface area contributed by atoms with E-state index in [0.717, 1.165) is 37.9 Å². The fraction of sp³-hybridized carbons (Fsp3) is 0.667. The number of likely N-dealkylation sites (N-methyl/N-ethyl adjacent to an activating group) is 1. The van der Waals surface area contributed by atoms with E-state index < -0.39 is 32.5 Å². The molecule has 0 aliphatic heterocycles. The Morgan fingerprint density at radius 2 is 1.69 bits per heavy atom. The van der Waals surface area contributed by atoms with Gasteiger partial charge in [-0.25, -0.2) is 4.57 Å². The normalized spacial score (nSPS) is 15.7. The Balaban J connectivity index is 2.19. The van der Waals surface area contributed by atoms with E-state index in [1.165, 1.54) is 0 Å². The Bertz CT molecular complexity index is 743. The summed E-state index contributed by atoms with van der Waals surface area (Å²) in [6.45, 7) is 0.622. The maximum atomic E-state index is 12.2. The predicted octanol–water partition coefficient (Wildman–Crippen LogP) is 4.06. The number of carboxylic acid groups (broad SMARTS) is 1. The fourth-order valence-corrected chi connectivity index (χ4v) is 4.03. The van der Waals surface area contributed by atoms with Crippen LogP contribution >= 0.6 is 19.4 Å². The molecule has 2 unspecified atom stereocenters. The van der Waals surface area contributed by atoms with Crippen LogP contribution in [0.2, 0.25) is 5.02 Å². The number of ether oxygens (including phenoxy) is 1. The summed E-state index contributed by atoms with van der Waals surface area (Å²) in [5.74, 6) is -0.495. The molecule has 0 saturated carbocycles. The van der Waals surface area contributed by atoms with Crippen molar-refractivity contribution in [1.29, 1.82) is 0 Å². The van der Waals surface area contributed by atoms with Crippen LogP contribution in [-0.2, 0) is 18.4 Å². The van der Waals surface area contributed by atoms with Gasteiger partial charge in [0.15, 0.2) is 6.10 Å². The number of nitrogens with zero attached hydrogens (tertiary/aromatic N) is 1. The van der Waals surface area contributed by atoms with Crippen molar-refractivity contribution in [3.05, 3.63) is 29.3 Å². The molecule has 11 heteroatoms. The minimum absolute atomic E-state index is 0.00587. The van der Waals surface area contributed by atoms with Gasteiger partial charge in [-0.05, 0) is 31.0 Å². The molecular weight excluding hydrogens is 461 g/mol. The van der Waals surface area contributed by atoms with Crippen molar-refractivity contribution in [1.82, 2.24) is 0 Å². The van der Waals surface area contributed by atoms with Gasteiger partial charge in [0.1, 0.15) is 5.75 Å². The molecule has 0 aromatic heterocycles. The zero-order valence-corrected chi connectivity index (χ0v) is 20.6. The van der Waals surface area contributed by atoms with Crippen molar-refractivity contribution in [2.75, 3.05) is 34.4 Å². The van der Waals surface area contributed by atoms with Crippen LogP contribution in [0, 0.1) is 0 Å². The SMILES string of the molecule is C[N+](C)(C)C(O)[C@@H](CC(=O)O)OP(=O)(O)OCCCCCCCCOc1cccc(Cl)c1. The zero-order chi connectivity index (χ0) is 24.2. The molecule has 1 aromatic carbocycles. The van der Waals surface area contributed by atoms with Gasteiger partial charge in [-0.1, -0.05) is 43.4 Å². The topological polar surface area (TPSA) is 123 Å². The van der Waals surface area contributed by atoms with Crippen molar-refractivity contribution >= 4 is 25.4 Å². The van der Waals surface area contributed by atoms with Crippen LogP contribution in [0.25, 0.3) is 0 Å². The summed E-state index contributed by atoms with van der Waals surface area (Å²) in [6.07, 6.45) is 1.94. The summed E-state index contributed by atoms with van der Waals surface area (Å²) in [4.78, 5) is 20.9. The van der Waals surface area contributed by atoms with E-state index in [-0.39, 0.29) is 11.1 Å². The largest absolute Gasteiger partial charge is 0.494 e. The molecule has 0 aliphatic carbocycles. The van der Waals surface area contributed by atoms with Gasteiger partial charge >= 0.3 is 13.8 Å². The summed E-state index contributed by atoms with van der Waals surface area (Å²) < 4.78 is 27.7. The number of benzene rings is 1. The third kappa shape index (κ3) is 12.7. The molecule has 184 valence electrons. The molecule has 0 heterocycles. The molecule has 0 bridgehead atoms. The number of aliphatic carboxylic acids is 1. The Labute approximate surface area is 195 Å². The Morgan fingerprint density at radius 3 is 2.25 bits per heavy atom. The lowest BCUT2D eigenvalue weighted by Gasteiger charge is -2.34. The maximum absolute atomic E-state index is 12.2. The number of rotatable bonds is 17. The second kappa shape index (κ2) is 14.2. The Morgan fingerprint density at radius 1 is 1.09 bits per heavy atom. The first-order valence-corrected chi connectivity index (χ1v) is 12.5. The number of quaternary nitrogens is 1. The average molecular weight is 497 g/mol. The molecule has 1 aromatic rings. The number of aliphatic hydroxyl groups excluding tert-OH is 1. The molecule has 0 saturated heterocycles. The van der Waals surface area contributed by atoms with Crippen LogP contribution < -0.4 is 4.74 Å². The highest BCUT2D eigenvalue weighted by atomic mass is 35.5. The number of hydrogen-bond acceptors (Lipinski definition) is 6. The number of halogens is 1. The molecule has 3 N–H and O–H groups in total. The Hall–Kier alpha value is -1.19. The molecule has 0 fully saturated rings. The van der Waals surface area contributed by atoms with Crippen molar-refractivity contribution in [3.63, 3.8) is 0 Å². The summed E-state index contributed by atoms with van der Waals surface area (Å²) in [6, 6.07) is 7.28. The molecule has 0 aliphatic rings. The number of phosphoric acid groups is 1. The van der Waals surface area contributed by atoms with Gasteiger partial charge in [-0.15, -0.1) is 0 Å². The fourth-order valence-electron chi connectivity index (χ4n) is 2.91. The summed E-state index contributed by atoms with van der Waals surface area (Å²) >= 11 is 5.91. The third-order valence-corrected chi connectivity index (χ3v) is 5.91. The molecule has 0 amide bonds. The quantitative estimate of drug-likeness (QED) is 0.128. The second-order valence-corrected chi connectivity index (χ2v) is 10.3. The maximum Gasteiger partial charge on any atom is 0.472 e. The Kier molecular flexibility index (Phi) is 12.8. The van der Waals surface area contributed by atoms with E-state index in [4.69, 9.17) is 30.5 Å². The highest BCUT2D eigenvalue weighted by Gasteiger charge is 2.39. The van der Waals surface area contributed by atoms with Crippen molar-refractivity contribution < 1.29 is 42.7 Å². The van der Waals surface area contributed by atoms with Gasteiger partial charge in [0.2, 0.25) is 6.23 Å². The van der Waals surface area contributed by atoms with E-state index in [1.807, 2.05) is 12.1 Å². The lowest BCUT2D eigenvalue weighted by molar-refractivity contribution is -0.922. The van der Waals surface area contributed by atoms with Crippen LogP contribution in [0.4, 0.5) is 0 Å². The molecule has 0 spiro atoms. The lowest BCUT2D eigenvalue weighted by Crippen LogP contribution is -2.52. The molecule has 32 heavy (non-hydrogen) atoms. The highest BCUT2D eigenvalue weighted by molar-refractivity contribution is 7.47. The van der Waals surface area contributed by atoms with Crippen LogP contribution in [0.3, 0.4) is 0 Å². The standard InChI is InChI=1S/C21H35ClNO8P/c1-23(2,3)21(26)19(16-20(24)25)31-32(27,28)30-14-9-7-5-4-6-8-13-29-18-12-10-11-17(22)15-18/h10-12,15,19,21,26H,4-9,13-14,16H2,1-3H3,(H-,24,25,27,28)/p+1/t19-,21?/m1/s1. The number of aliphatic hydroxyl groups is 1. The number of phosphoric ester groups is 1. The first-order valence-electron chi connectivity index (χ1n) is 10.7. The van der Waals surface area contributed by atoms with E-state index in [0.29, 0.717) is 18.1 Å². The number of hydrogen-bond donors (Lipinski definition) is 3. The molecule has 3 atom stereocenters. The van der Waals surface area contributed by atoms with Crippen LogP contribution in [0.1, 0.15) is 44.9 Å². The number of unbranched alkanes of at least 4 members (excludes halogenated alkanes) is 5. The third-order valence-electron chi connectivity index (χ3n) is 4.63. The number of carbonyl (C=O) groups is 1. The van der Waals surface area contributed by atoms with Gasteiger partial charge in [0, 0.05) is 5.02 Å². The van der Waals surface area contributed by atoms with Crippen molar-refractivity contribution in [2.24, 2.45) is 0 Å². The van der Waals surface area contributed by atoms with Crippen LogP contribution in [0.15, 0.2) is 24.3 Å². The monoisotopic (exact) mass is 496 g/mol. The zero-order valence-electron chi connectivity index (χ0n) is 19.0. The van der Waals surface area contributed by atoms with Gasteiger partial charge in [-0.2, -0.15) is 0 Å². The second-order valence-electron chi connectivity index (χ2n) is 8.50. The lowest BCUT2D eigenvalue weighted by atomic mass is 10.1. The highest BCUT2D eigenvalue weighted by Crippen LogP contribution is 2.46. The summed E-state index contributed by atoms with van der Waals surface area (Å²) in [7, 11) is 0.371. The smallest absolute Gasteiger partial charge is 0.472 e. The van der Waals surface area contributed by atoms with Crippen molar-refractivity contribution in [2.45, 2.75) is 57.3 Å². The van der Waals surface area contributed by atoms with E-state index in [2.05, 4.69) is 0 Å². The molecular formula is C21H36ClNO8P+. The van der Waals surface area contributed by atoms with E-state index in [9.17, 15) is 19.4 Å².